The molecule has 7 nitrogen and oxygen atoms in total. The van der Waals surface area contributed by atoms with E-state index in [4.69, 9.17) is 4.74 Å². The molecule has 0 radical (unpaired) electrons. The van der Waals surface area contributed by atoms with E-state index >= 15 is 0 Å². The van der Waals surface area contributed by atoms with E-state index in [1.165, 1.54) is 5.69 Å². The van der Waals surface area contributed by atoms with Crippen LogP contribution < -0.4 is 0 Å². The number of imidazole rings is 1. The first-order chi connectivity index (χ1) is 12.5. The topological polar surface area (TPSA) is 65.2 Å². The van der Waals surface area contributed by atoms with Crippen molar-refractivity contribution < 1.29 is 9.53 Å². The van der Waals surface area contributed by atoms with Crippen LogP contribution in [0.2, 0.25) is 0 Å². The van der Waals surface area contributed by atoms with Crippen molar-refractivity contribution in [2.24, 2.45) is 14.1 Å². The number of carbonyl (C=O) groups excluding carboxylic acids is 1. The minimum Gasteiger partial charge on any atom is -0.369 e. The molecule has 2 aromatic heterocycles. The average molecular weight is 357 g/mol. The van der Waals surface area contributed by atoms with Gasteiger partial charge in [0.05, 0.1) is 24.2 Å². The van der Waals surface area contributed by atoms with Crippen LogP contribution in [0.15, 0.2) is 12.5 Å². The van der Waals surface area contributed by atoms with Crippen molar-refractivity contribution in [2.75, 3.05) is 13.1 Å². The van der Waals surface area contributed by atoms with Gasteiger partial charge in [-0.3, -0.25) is 9.48 Å². The highest BCUT2D eigenvalue weighted by atomic mass is 16.5. The monoisotopic (exact) mass is 357 g/mol. The summed E-state index contributed by atoms with van der Waals surface area (Å²) >= 11 is 0. The highest BCUT2D eigenvalue weighted by molar-refractivity contribution is 5.94. The van der Waals surface area contributed by atoms with E-state index < -0.39 is 0 Å². The van der Waals surface area contributed by atoms with Gasteiger partial charge < -0.3 is 14.2 Å². The van der Waals surface area contributed by atoms with E-state index in [0.717, 1.165) is 49.3 Å². The Labute approximate surface area is 154 Å². The van der Waals surface area contributed by atoms with Crippen LogP contribution in [0.3, 0.4) is 0 Å². The predicted octanol–water partition coefficient (Wildman–Crippen LogP) is 2.20. The molecule has 1 amide bonds. The molecule has 2 aliphatic heterocycles. The first kappa shape index (κ1) is 17.3. The molecule has 140 valence electrons. The Kier molecular flexibility index (Phi) is 4.34. The zero-order valence-corrected chi connectivity index (χ0v) is 16.0. The molecule has 4 heterocycles. The number of ether oxygens (including phenoxy) is 1. The molecule has 0 aliphatic carbocycles. The van der Waals surface area contributed by atoms with Gasteiger partial charge in [-0.15, -0.1) is 0 Å². The number of amides is 1. The van der Waals surface area contributed by atoms with Gasteiger partial charge in [0, 0.05) is 57.0 Å². The summed E-state index contributed by atoms with van der Waals surface area (Å²) in [4.78, 5) is 19.4. The van der Waals surface area contributed by atoms with Gasteiger partial charge in [0.25, 0.3) is 5.91 Å². The number of hydrogen-bond acceptors (Lipinski definition) is 4. The van der Waals surface area contributed by atoms with Crippen molar-refractivity contribution in [1.29, 1.82) is 0 Å². The lowest BCUT2D eigenvalue weighted by Crippen LogP contribution is -2.39. The quantitative estimate of drug-likeness (QED) is 0.826. The SMILES string of the molecule is C[C@@H]1Cc2c(nn(C)c2C(=O)N2CCC(c3cncn3C)CC2)[C@H](C)O1. The number of aromatic nitrogens is 4. The second kappa shape index (κ2) is 6.54. The summed E-state index contributed by atoms with van der Waals surface area (Å²) in [5, 5.41) is 4.58. The summed E-state index contributed by atoms with van der Waals surface area (Å²) in [6, 6.07) is 0. The van der Waals surface area contributed by atoms with Gasteiger partial charge in [0.1, 0.15) is 5.69 Å². The number of hydrogen-bond donors (Lipinski definition) is 0. The number of likely N-dealkylation sites (tertiary alicyclic amines) is 1. The van der Waals surface area contributed by atoms with Crippen molar-refractivity contribution in [3.63, 3.8) is 0 Å². The van der Waals surface area contributed by atoms with Crippen LogP contribution in [0.5, 0.6) is 0 Å². The molecular weight excluding hydrogens is 330 g/mol. The van der Waals surface area contributed by atoms with Gasteiger partial charge in [0.2, 0.25) is 0 Å². The summed E-state index contributed by atoms with van der Waals surface area (Å²) < 4.78 is 9.70. The fourth-order valence-corrected chi connectivity index (χ4v) is 4.42. The summed E-state index contributed by atoms with van der Waals surface area (Å²) in [5.41, 5.74) is 3.98. The van der Waals surface area contributed by atoms with Crippen molar-refractivity contribution in [3.8, 4) is 0 Å². The predicted molar refractivity (Wildman–Crippen MR) is 97.0 cm³/mol. The normalized spacial score (nSPS) is 23.9. The molecule has 2 atom stereocenters. The van der Waals surface area contributed by atoms with Crippen LogP contribution in [-0.2, 0) is 25.3 Å². The van der Waals surface area contributed by atoms with Crippen molar-refractivity contribution >= 4 is 5.91 Å². The number of rotatable bonds is 2. The first-order valence-electron chi connectivity index (χ1n) is 9.42. The molecule has 26 heavy (non-hydrogen) atoms. The van der Waals surface area contributed by atoms with Crippen molar-refractivity contribution in [2.45, 2.75) is 51.2 Å². The van der Waals surface area contributed by atoms with Crippen molar-refractivity contribution in [3.05, 3.63) is 35.2 Å². The van der Waals surface area contributed by atoms with Crippen LogP contribution >= 0.6 is 0 Å². The Balaban J connectivity index is 1.52. The molecular formula is C19H27N5O2. The molecule has 0 N–H and O–H groups in total. The average Bonchev–Trinajstić information content (AvgIpc) is 3.17. The Hall–Kier alpha value is -2.15. The lowest BCUT2D eigenvalue weighted by molar-refractivity contribution is -0.00714. The van der Waals surface area contributed by atoms with Crippen LogP contribution in [0, 0.1) is 0 Å². The molecule has 0 spiro atoms. The van der Waals surface area contributed by atoms with Gasteiger partial charge in [-0.25, -0.2) is 4.98 Å². The minimum atomic E-state index is -0.0583. The molecule has 0 saturated carbocycles. The number of piperidine rings is 1. The summed E-state index contributed by atoms with van der Waals surface area (Å²) in [6.07, 6.45) is 6.55. The van der Waals surface area contributed by atoms with Gasteiger partial charge in [-0.2, -0.15) is 5.10 Å². The number of nitrogens with zero attached hydrogens (tertiary/aromatic N) is 5. The highest BCUT2D eigenvalue weighted by Crippen LogP contribution is 2.33. The number of fused-ring (bicyclic) bond motifs is 1. The smallest absolute Gasteiger partial charge is 0.272 e. The lowest BCUT2D eigenvalue weighted by atomic mass is 9.93. The van der Waals surface area contributed by atoms with E-state index in [1.807, 2.05) is 38.4 Å². The zero-order valence-electron chi connectivity index (χ0n) is 16.0. The fourth-order valence-electron chi connectivity index (χ4n) is 4.42. The van der Waals surface area contributed by atoms with E-state index in [-0.39, 0.29) is 18.1 Å². The zero-order chi connectivity index (χ0) is 18.4. The van der Waals surface area contributed by atoms with Gasteiger partial charge in [-0.05, 0) is 26.7 Å². The Morgan fingerprint density at radius 1 is 1.23 bits per heavy atom. The lowest BCUT2D eigenvalue weighted by Gasteiger charge is -2.32. The Morgan fingerprint density at radius 2 is 1.96 bits per heavy atom. The van der Waals surface area contributed by atoms with Gasteiger partial charge in [0.15, 0.2) is 0 Å². The molecule has 1 fully saturated rings. The fraction of sp³-hybridized carbons (Fsp3) is 0.632. The van der Waals surface area contributed by atoms with E-state index in [9.17, 15) is 4.79 Å². The Morgan fingerprint density at radius 3 is 2.62 bits per heavy atom. The molecule has 7 heteroatoms. The van der Waals surface area contributed by atoms with Gasteiger partial charge >= 0.3 is 0 Å². The molecule has 0 bridgehead atoms. The largest absolute Gasteiger partial charge is 0.369 e. The van der Waals surface area contributed by atoms with Crippen LogP contribution in [-0.4, -0.2) is 49.3 Å². The summed E-state index contributed by atoms with van der Waals surface area (Å²) in [7, 11) is 3.90. The van der Waals surface area contributed by atoms with E-state index in [0.29, 0.717) is 5.92 Å². The van der Waals surface area contributed by atoms with Crippen LogP contribution in [0.25, 0.3) is 0 Å². The van der Waals surface area contributed by atoms with Crippen LogP contribution in [0.1, 0.15) is 66.2 Å². The standard InChI is InChI=1S/C19H27N5O2/c1-12-9-15-17(13(2)26-12)21-23(4)18(15)19(25)24-7-5-14(6-8-24)16-10-20-11-22(16)3/h10-14H,5-9H2,1-4H3/t12-,13+/m1/s1. The minimum absolute atomic E-state index is 0.0583. The summed E-state index contributed by atoms with van der Waals surface area (Å²) in [6.45, 7) is 5.61. The number of aryl methyl sites for hydroxylation is 2. The molecule has 0 aromatic carbocycles. The third-order valence-corrected chi connectivity index (χ3v) is 5.75. The molecule has 1 saturated heterocycles. The second-order valence-electron chi connectivity index (χ2n) is 7.62. The molecule has 0 unspecified atom stereocenters. The third-order valence-electron chi connectivity index (χ3n) is 5.75. The Bertz CT molecular complexity index is 816. The van der Waals surface area contributed by atoms with Crippen molar-refractivity contribution in [1.82, 2.24) is 24.2 Å². The van der Waals surface area contributed by atoms with Gasteiger partial charge in [-0.1, -0.05) is 0 Å². The molecule has 2 aromatic rings. The maximum absolute atomic E-state index is 13.2. The second-order valence-corrected chi connectivity index (χ2v) is 7.62. The molecule has 4 rings (SSSR count). The van der Waals surface area contributed by atoms with Crippen LogP contribution in [0.4, 0.5) is 0 Å². The maximum atomic E-state index is 13.2. The molecule has 2 aliphatic rings. The third kappa shape index (κ3) is 2.84. The summed E-state index contributed by atoms with van der Waals surface area (Å²) in [5.74, 6) is 0.575. The highest BCUT2D eigenvalue weighted by Gasteiger charge is 2.34. The van der Waals surface area contributed by atoms with E-state index in [2.05, 4.69) is 21.6 Å². The maximum Gasteiger partial charge on any atom is 0.272 e. The first-order valence-corrected chi connectivity index (χ1v) is 9.42. The van der Waals surface area contributed by atoms with E-state index in [1.54, 1.807) is 4.68 Å². The number of carbonyl (C=O) groups is 1.